The molecule has 1 heterocycles. The second kappa shape index (κ2) is 6.27. The molecule has 0 saturated carbocycles. The fraction of sp³-hybridized carbons (Fsp3) is 0.438. The SMILES string of the molecule is CC(C)c1cccc(C(C)C)c1OCc1csc(N)n1. The predicted molar refractivity (Wildman–Crippen MR) is 85.5 cm³/mol. The second-order valence-corrected chi connectivity index (χ2v) is 6.43. The Balaban J connectivity index is 2.28. The maximum Gasteiger partial charge on any atom is 0.180 e. The molecule has 2 aromatic rings. The van der Waals surface area contributed by atoms with Crippen LogP contribution in [0.15, 0.2) is 23.6 Å². The zero-order chi connectivity index (χ0) is 14.7. The van der Waals surface area contributed by atoms with Gasteiger partial charge in [0.15, 0.2) is 5.13 Å². The fourth-order valence-corrected chi connectivity index (χ4v) is 2.73. The van der Waals surface area contributed by atoms with Gasteiger partial charge in [-0.15, -0.1) is 11.3 Å². The van der Waals surface area contributed by atoms with Gasteiger partial charge in [0, 0.05) is 5.38 Å². The number of nitrogen functional groups attached to an aromatic ring is 1. The molecule has 0 bridgehead atoms. The second-order valence-electron chi connectivity index (χ2n) is 5.54. The molecule has 0 amide bonds. The van der Waals surface area contributed by atoms with Gasteiger partial charge in [0.1, 0.15) is 12.4 Å². The molecule has 0 aliphatic carbocycles. The van der Waals surface area contributed by atoms with Crippen LogP contribution in [0.2, 0.25) is 0 Å². The number of hydrogen-bond acceptors (Lipinski definition) is 4. The highest BCUT2D eigenvalue weighted by molar-refractivity contribution is 7.13. The summed E-state index contributed by atoms with van der Waals surface area (Å²) < 4.78 is 6.08. The molecule has 1 aromatic carbocycles. The number of para-hydroxylation sites is 1. The third-order valence-electron chi connectivity index (χ3n) is 3.25. The Morgan fingerprint density at radius 1 is 1.15 bits per heavy atom. The molecule has 2 N–H and O–H groups in total. The van der Waals surface area contributed by atoms with Crippen LogP contribution in [-0.2, 0) is 6.61 Å². The molecule has 1 aromatic heterocycles. The monoisotopic (exact) mass is 290 g/mol. The van der Waals surface area contributed by atoms with Crippen molar-refractivity contribution in [3.63, 3.8) is 0 Å². The number of thiazole rings is 1. The van der Waals surface area contributed by atoms with Gasteiger partial charge in [-0.05, 0) is 23.0 Å². The minimum Gasteiger partial charge on any atom is -0.487 e. The Morgan fingerprint density at radius 2 is 1.75 bits per heavy atom. The summed E-state index contributed by atoms with van der Waals surface area (Å²) in [6, 6.07) is 6.39. The average Bonchev–Trinajstić information content (AvgIpc) is 2.81. The zero-order valence-corrected chi connectivity index (χ0v) is 13.3. The highest BCUT2D eigenvalue weighted by Gasteiger charge is 2.15. The zero-order valence-electron chi connectivity index (χ0n) is 12.5. The Morgan fingerprint density at radius 3 is 2.20 bits per heavy atom. The van der Waals surface area contributed by atoms with E-state index in [9.17, 15) is 0 Å². The van der Waals surface area contributed by atoms with E-state index in [0.29, 0.717) is 23.6 Å². The van der Waals surface area contributed by atoms with Crippen LogP contribution in [0, 0.1) is 0 Å². The van der Waals surface area contributed by atoms with Gasteiger partial charge in [-0.1, -0.05) is 45.9 Å². The largest absolute Gasteiger partial charge is 0.487 e. The van der Waals surface area contributed by atoms with E-state index >= 15 is 0 Å². The lowest BCUT2D eigenvalue weighted by atomic mass is 9.94. The number of benzene rings is 1. The topological polar surface area (TPSA) is 48.1 Å². The first-order valence-corrected chi connectivity index (χ1v) is 7.82. The minimum absolute atomic E-state index is 0.434. The number of nitrogens with zero attached hydrogens (tertiary/aromatic N) is 1. The van der Waals surface area contributed by atoms with Crippen LogP contribution >= 0.6 is 11.3 Å². The van der Waals surface area contributed by atoms with Crippen LogP contribution in [0.5, 0.6) is 5.75 Å². The quantitative estimate of drug-likeness (QED) is 0.878. The first-order valence-electron chi connectivity index (χ1n) is 6.94. The average molecular weight is 290 g/mol. The highest BCUT2D eigenvalue weighted by atomic mass is 32.1. The molecule has 0 aliphatic heterocycles. The van der Waals surface area contributed by atoms with Gasteiger partial charge in [-0.25, -0.2) is 4.98 Å². The van der Waals surface area contributed by atoms with Crippen LogP contribution in [0.4, 0.5) is 5.13 Å². The highest BCUT2D eigenvalue weighted by Crippen LogP contribution is 2.35. The summed E-state index contributed by atoms with van der Waals surface area (Å²) in [6.45, 7) is 9.22. The van der Waals surface area contributed by atoms with Gasteiger partial charge < -0.3 is 10.5 Å². The summed E-state index contributed by atoms with van der Waals surface area (Å²) in [5.41, 5.74) is 9.04. The number of ether oxygens (including phenoxy) is 1. The molecular formula is C16H22N2OS. The molecule has 108 valence electrons. The molecule has 0 saturated heterocycles. The number of rotatable bonds is 5. The molecule has 0 unspecified atom stereocenters. The van der Waals surface area contributed by atoms with Crippen LogP contribution < -0.4 is 10.5 Å². The van der Waals surface area contributed by atoms with Gasteiger partial charge in [-0.3, -0.25) is 0 Å². The van der Waals surface area contributed by atoms with E-state index in [1.165, 1.54) is 22.5 Å². The summed E-state index contributed by atoms with van der Waals surface area (Å²) in [5.74, 6) is 1.87. The summed E-state index contributed by atoms with van der Waals surface area (Å²) in [7, 11) is 0. The normalized spacial score (nSPS) is 11.3. The van der Waals surface area contributed by atoms with E-state index in [0.717, 1.165) is 11.4 Å². The standard InChI is InChI=1S/C16H22N2OS/c1-10(2)13-6-5-7-14(11(3)4)15(13)19-8-12-9-20-16(17)18-12/h5-7,9-11H,8H2,1-4H3,(H2,17,18). The number of hydrogen-bond donors (Lipinski definition) is 1. The number of aromatic nitrogens is 1. The van der Waals surface area contributed by atoms with E-state index in [4.69, 9.17) is 10.5 Å². The molecular weight excluding hydrogens is 268 g/mol. The minimum atomic E-state index is 0.434. The van der Waals surface area contributed by atoms with E-state index in [2.05, 4.69) is 50.9 Å². The van der Waals surface area contributed by atoms with Crippen molar-refractivity contribution in [1.82, 2.24) is 4.98 Å². The summed E-state index contributed by atoms with van der Waals surface area (Å²) in [4.78, 5) is 4.25. The third kappa shape index (κ3) is 3.31. The lowest BCUT2D eigenvalue weighted by Gasteiger charge is -2.19. The number of anilines is 1. The van der Waals surface area contributed by atoms with Crippen LogP contribution in [0.1, 0.15) is 56.4 Å². The van der Waals surface area contributed by atoms with Crippen LogP contribution in [0.25, 0.3) is 0 Å². The van der Waals surface area contributed by atoms with E-state index < -0.39 is 0 Å². The van der Waals surface area contributed by atoms with Crippen LogP contribution in [-0.4, -0.2) is 4.98 Å². The molecule has 0 aliphatic rings. The van der Waals surface area contributed by atoms with E-state index in [1.807, 2.05) is 5.38 Å². The van der Waals surface area contributed by atoms with Gasteiger partial charge >= 0.3 is 0 Å². The Bertz CT molecular complexity index is 549. The molecule has 4 heteroatoms. The van der Waals surface area contributed by atoms with E-state index in [-0.39, 0.29) is 0 Å². The molecule has 0 atom stereocenters. The van der Waals surface area contributed by atoms with Gasteiger partial charge in [-0.2, -0.15) is 0 Å². The van der Waals surface area contributed by atoms with Crippen molar-refractivity contribution >= 4 is 16.5 Å². The Kier molecular flexibility index (Phi) is 4.65. The molecule has 20 heavy (non-hydrogen) atoms. The van der Waals surface area contributed by atoms with Gasteiger partial charge in [0.25, 0.3) is 0 Å². The van der Waals surface area contributed by atoms with Crippen LogP contribution in [0.3, 0.4) is 0 Å². The maximum atomic E-state index is 6.08. The lowest BCUT2D eigenvalue weighted by molar-refractivity contribution is 0.293. The van der Waals surface area contributed by atoms with Crippen molar-refractivity contribution in [2.45, 2.75) is 46.1 Å². The van der Waals surface area contributed by atoms with Crippen molar-refractivity contribution < 1.29 is 4.74 Å². The van der Waals surface area contributed by atoms with E-state index in [1.54, 1.807) is 0 Å². The summed E-state index contributed by atoms with van der Waals surface area (Å²) >= 11 is 1.45. The Hall–Kier alpha value is -1.55. The van der Waals surface area contributed by atoms with Gasteiger partial charge in [0.2, 0.25) is 0 Å². The Labute approximate surface area is 124 Å². The van der Waals surface area contributed by atoms with Crippen molar-refractivity contribution in [1.29, 1.82) is 0 Å². The summed E-state index contributed by atoms with van der Waals surface area (Å²) in [5, 5.41) is 2.53. The van der Waals surface area contributed by atoms with Crippen molar-refractivity contribution in [3.05, 3.63) is 40.4 Å². The number of nitrogens with two attached hydrogens (primary N) is 1. The maximum absolute atomic E-state index is 6.08. The lowest BCUT2D eigenvalue weighted by Crippen LogP contribution is -2.04. The van der Waals surface area contributed by atoms with Gasteiger partial charge in [0.05, 0.1) is 5.69 Å². The van der Waals surface area contributed by atoms with Crippen molar-refractivity contribution in [2.24, 2.45) is 0 Å². The predicted octanol–water partition coefficient (Wildman–Crippen LogP) is 4.55. The molecule has 0 spiro atoms. The molecule has 3 nitrogen and oxygen atoms in total. The smallest absolute Gasteiger partial charge is 0.180 e. The van der Waals surface area contributed by atoms with Crippen molar-refractivity contribution in [3.8, 4) is 5.75 Å². The molecule has 2 rings (SSSR count). The summed E-state index contributed by atoms with van der Waals surface area (Å²) in [6.07, 6.45) is 0. The van der Waals surface area contributed by atoms with Crippen molar-refractivity contribution in [2.75, 3.05) is 5.73 Å². The molecule has 0 fully saturated rings. The first-order chi connectivity index (χ1) is 9.49. The molecule has 0 radical (unpaired) electrons. The first kappa shape index (κ1) is 14.9. The fourth-order valence-electron chi connectivity index (χ4n) is 2.18. The third-order valence-corrected chi connectivity index (χ3v) is 3.98.